The Bertz CT molecular complexity index is 835. The first-order chi connectivity index (χ1) is 12.2. The highest BCUT2D eigenvalue weighted by Crippen LogP contribution is 2.16. The minimum absolute atomic E-state index is 0.495. The van der Waals surface area contributed by atoms with Crippen molar-refractivity contribution in [1.82, 2.24) is 4.98 Å². The average molecular weight is 349 g/mol. The zero-order valence-electron chi connectivity index (χ0n) is 13.9. The molecule has 0 aliphatic carbocycles. The predicted octanol–water partition coefficient (Wildman–Crippen LogP) is 4.49. The smallest absolute Gasteiger partial charge is 0.176 e. The molecule has 5 heteroatoms. The standard InChI is InChI=1S/C20H19N3OS/c1-24-18-12-10-16(11-13-18)22-20(25)23-19-9-5-8-17(21-19)14-15-6-3-2-4-7-15/h2-13H,14H2,1H3,(H2,21,22,23,25). The topological polar surface area (TPSA) is 46.2 Å². The third kappa shape index (κ3) is 5.02. The zero-order chi connectivity index (χ0) is 17.5. The second-order valence-corrected chi connectivity index (χ2v) is 5.89. The Labute approximate surface area is 152 Å². The first kappa shape index (κ1) is 16.9. The van der Waals surface area contributed by atoms with Crippen molar-refractivity contribution in [2.45, 2.75) is 6.42 Å². The SMILES string of the molecule is COc1ccc(NC(=S)Nc2cccc(Cc3ccccc3)n2)cc1. The lowest BCUT2D eigenvalue weighted by Gasteiger charge is -2.11. The molecule has 0 saturated heterocycles. The van der Waals surface area contributed by atoms with Gasteiger partial charge in [-0.1, -0.05) is 36.4 Å². The number of ether oxygens (including phenoxy) is 1. The maximum Gasteiger partial charge on any atom is 0.176 e. The van der Waals surface area contributed by atoms with Gasteiger partial charge in [-0.05, 0) is 54.2 Å². The molecule has 0 unspecified atom stereocenters. The van der Waals surface area contributed by atoms with Crippen LogP contribution < -0.4 is 15.4 Å². The fourth-order valence-electron chi connectivity index (χ4n) is 2.41. The highest BCUT2D eigenvalue weighted by Gasteiger charge is 2.03. The van der Waals surface area contributed by atoms with Gasteiger partial charge >= 0.3 is 0 Å². The van der Waals surface area contributed by atoms with Gasteiger partial charge in [0, 0.05) is 17.8 Å². The van der Waals surface area contributed by atoms with Crippen molar-refractivity contribution >= 4 is 28.8 Å². The van der Waals surface area contributed by atoms with Crippen LogP contribution in [0.15, 0.2) is 72.8 Å². The van der Waals surface area contributed by atoms with E-state index >= 15 is 0 Å². The van der Waals surface area contributed by atoms with Crippen molar-refractivity contribution in [1.29, 1.82) is 0 Å². The van der Waals surface area contributed by atoms with Crippen LogP contribution in [0.3, 0.4) is 0 Å². The summed E-state index contributed by atoms with van der Waals surface area (Å²) in [6.45, 7) is 0. The minimum atomic E-state index is 0.495. The number of benzene rings is 2. The third-order valence-corrected chi connectivity index (χ3v) is 3.83. The Hall–Kier alpha value is -2.92. The second-order valence-electron chi connectivity index (χ2n) is 5.48. The number of thiocarbonyl (C=S) groups is 1. The van der Waals surface area contributed by atoms with Crippen LogP contribution >= 0.6 is 12.2 Å². The highest BCUT2D eigenvalue weighted by atomic mass is 32.1. The van der Waals surface area contributed by atoms with Crippen LogP contribution in [0.2, 0.25) is 0 Å². The number of hydrogen-bond acceptors (Lipinski definition) is 3. The molecule has 3 aromatic rings. The molecule has 0 saturated carbocycles. The lowest BCUT2D eigenvalue weighted by molar-refractivity contribution is 0.415. The van der Waals surface area contributed by atoms with Gasteiger partial charge in [0.1, 0.15) is 11.6 Å². The number of nitrogens with zero attached hydrogens (tertiary/aromatic N) is 1. The van der Waals surface area contributed by atoms with E-state index in [9.17, 15) is 0 Å². The maximum absolute atomic E-state index is 5.36. The summed E-state index contributed by atoms with van der Waals surface area (Å²) < 4.78 is 5.15. The monoisotopic (exact) mass is 349 g/mol. The molecule has 2 N–H and O–H groups in total. The van der Waals surface area contributed by atoms with E-state index in [0.29, 0.717) is 5.11 Å². The van der Waals surface area contributed by atoms with Crippen molar-refractivity contribution in [3.63, 3.8) is 0 Å². The number of hydrogen-bond donors (Lipinski definition) is 2. The summed E-state index contributed by atoms with van der Waals surface area (Å²) in [4.78, 5) is 4.62. The van der Waals surface area contributed by atoms with Crippen molar-refractivity contribution in [3.05, 3.63) is 84.1 Å². The molecule has 0 fully saturated rings. The molecule has 0 aliphatic rings. The largest absolute Gasteiger partial charge is 0.497 e. The van der Waals surface area contributed by atoms with Gasteiger partial charge in [-0.2, -0.15) is 0 Å². The van der Waals surface area contributed by atoms with Crippen LogP contribution in [-0.4, -0.2) is 17.2 Å². The molecule has 0 atom stereocenters. The number of rotatable bonds is 5. The average Bonchev–Trinajstić information content (AvgIpc) is 2.63. The molecule has 0 amide bonds. The lowest BCUT2D eigenvalue weighted by Crippen LogP contribution is -2.19. The Morgan fingerprint density at radius 3 is 2.40 bits per heavy atom. The van der Waals surface area contributed by atoms with Gasteiger partial charge in [0.25, 0.3) is 0 Å². The van der Waals surface area contributed by atoms with Crippen LogP contribution in [0.1, 0.15) is 11.3 Å². The van der Waals surface area contributed by atoms with Crippen LogP contribution in [0.4, 0.5) is 11.5 Å². The summed E-state index contributed by atoms with van der Waals surface area (Å²) in [6.07, 6.45) is 0.787. The normalized spacial score (nSPS) is 10.1. The summed E-state index contributed by atoms with van der Waals surface area (Å²) in [5, 5.41) is 6.75. The minimum Gasteiger partial charge on any atom is -0.497 e. The molecule has 0 spiro atoms. The Morgan fingerprint density at radius 2 is 1.68 bits per heavy atom. The summed E-state index contributed by atoms with van der Waals surface area (Å²) in [5.74, 6) is 1.53. The molecule has 25 heavy (non-hydrogen) atoms. The predicted molar refractivity (Wildman–Crippen MR) is 106 cm³/mol. The lowest BCUT2D eigenvalue weighted by atomic mass is 10.1. The van der Waals surface area contributed by atoms with E-state index in [2.05, 4.69) is 27.8 Å². The quantitative estimate of drug-likeness (QED) is 0.665. The molecule has 2 aromatic carbocycles. The molecule has 4 nitrogen and oxygen atoms in total. The van der Waals surface area contributed by atoms with E-state index in [4.69, 9.17) is 17.0 Å². The van der Waals surface area contributed by atoms with Gasteiger partial charge in [0.15, 0.2) is 5.11 Å². The molecule has 0 bridgehead atoms. The molecule has 1 aromatic heterocycles. The van der Waals surface area contributed by atoms with Crippen LogP contribution in [0, 0.1) is 0 Å². The molecular weight excluding hydrogens is 330 g/mol. The third-order valence-electron chi connectivity index (χ3n) is 3.62. The first-order valence-corrected chi connectivity index (χ1v) is 8.36. The summed E-state index contributed by atoms with van der Waals surface area (Å²) in [6, 6.07) is 23.7. The molecular formula is C20H19N3OS. The van der Waals surface area contributed by atoms with Gasteiger partial charge in [-0.15, -0.1) is 0 Å². The first-order valence-electron chi connectivity index (χ1n) is 7.95. The number of nitrogens with one attached hydrogen (secondary N) is 2. The number of aromatic nitrogens is 1. The van der Waals surface area contributed by atoms with Crippen LogP contribution in [-0.2, 0) is 6.42 Å². The van der Waals surface area contributed by atoms with Gasteiger partial charge in [-0.25, -0.2) is 4.98 Å². The van der Waals surface area contributed by atoms with E-state index in [-0.39, 0.29) is 0 Å². The summed E-state index contributed by atoms with van der Waals surface area (Å²) in [7, 11) is 1.64. The van der Waals surface area contributed by atoms with Crippen molar-refractivity contribution in [2.75, 3.05) is 17.7 Å². The second kappa shape index (κ2) is 8.26. The van der Waals surface area contributed by atoms with E-state index in [1.807, 2.05) is 60.7 Å². The van der Waals surface area contributed by atoms with E-state index < -0.39 is 0 Å². The number of anilines is 2. The van der Waals surface area contributed by atoms with E-state index in [0.717, 1.165) is 29.4 Å². The van der Waals surface area contributed by atoms with Crippen LogP contribution in [0.25, 0.3) is 0 Å². The van der Waals surface area contributed by atoms with Crippen molar-refractivity contribution in [2.24, 2.45) is 0 Å². The Morgan fingerprint density at radius 1 is 0.920 bits per heavy atom. The molecule has 0 radical (unpaired) electrons. The molecule has 0 aliphatic heterocycles. The highest BCUT2D eigenvalue weighted by molar-refractivity contribution is 7.80. The van der Waals surface area contributed by atoms with E-state index in [1.54, 1.807) is 7.11 Å². The Balaban J connectivity index is 1.62. The van der Waals surface area contributed by atoms with Crippen LogP contribution in [0.5, 0.6) is 5.75 Å². The van der Waals surface area contributed by atoms with Gasteiger partial charge < -0.3 is 15.4 Å². The van der Waals surface area contributed by atoms with E-state index in [1.165, 1.54) is 5.56 Å². The fourth-order valence-corrected chi connectivity index (χ4v) is 2.63. The summed E-state index contributed by atoms with van der Waals surface area (Å²) >= 11 is 5.36. The van der Waals surface area contributed by atoms with Crippen molar-refractivity contribution < 1.29 is 4.74 Å². The Kier molecular flexibility index (Phi) is 5.59. The molecule has 3 rings (SSSR count). The fraction of sp³-hybridized carbons (Fsp3) is 0.100. The number of pyridine rings is 1. The maximum atomic E-state index is 5.36. The van der Waals surface area contributed by atoms with Gasteiger partial charge in [0.2, 0.25) is 0 Å². The zero-order valence-corrected chi connectivity index (χ0v) is 14.7. The van der Waals surface area contributed by atoms with Crippen molar-refractivity contribution in [3.8, 4) is 5.75 Å². The number of methoxy groups -OCH3 is 1. The molecule has 1 heterocycles. The van der Waals surface area contributed by atoms with Gasteiger partial charge in [0.05, 0.1) is 7.11 Å². The van der Waals surface area contributed by atoms with Gasteiger partial charge in [-0.3, -0.25) is 0 Å². The summed E-state index contributed by atoms with van der Waals surface area (Å²) in [5.41, 5.74) is 3.10. The molecule has 126 valence electrons.